The van der Waals surface area contributed by atoms with Gasteiger partial charge in [-0.25, -0.2) is 19.2 Å². The Hall–Kier alpha value is -5.45. The van der Waals surface area contributed by atoms with E-state index in [-0.39, 0.29) is 12.3 Å². The van der Waals surface area contributed by atoms with E-state index in [9.17, 15) is 24.0 Å². The van der Waals surface area contributed by atoms with Crippen molar-refractivity contribution in [2.75, 3.05) is 13.6 Å². The van der Waals surface area contributed by atoms with E-state index >= 15 is 0 Å². The van der Waals surface area contributed by atoms with E-state index in [0.717, 1.165) is 10.8 Å². The Labute approximate surface area is 276 Å². The molecule has 6 rings (SSSR count). The summed E-state index contributed by atoms with van der Waals surface area (Å²) in [4.78, 5) is 65.4. The van der Waals surface area contributed by atoms with E-state index in [2.05, 4.69) is 5.32 Å². The monoisotopic (exact) mass is 653 g/mol. The summed E-state index contributed by atoms with van der Waals surface area (Å²) < 4.78 is 26.7. The third kappa shape index (κ3) is 6.53. The zero-order chi connectivity index (χ0) is 34.1. The van der Waals surface area contributed by atoms with Crippen molar-refractivity contribution >= 4 is 51.5 Å². The van der Waals surface area contributed by atoms with Gasteiger partial charge in [-0.3, -0.25) is 4.79 Å². The normalized spacial score (nSPS) is 21.1. The van der Waals surface area contributed by atoms with Crippen molar-refractivity contribution in [3.63, 3.8) is 0 Å². The first-order valence-corrected chi connectivity index (χ1v) is 15.6. The average molecular weight is 654 g/mol. The number of carbonyl (C=O) groups is 5. The molecule has 0 bridgehead atoms. The van der Waals surface area contributed by atoms with Crippen LogP contribution in [0.3, 0.4) is 0 Å². The van der Waals surface area contributed by atoms with Gasteiger partial charge in [0.1, 0.15) is 11.1 Å². The smallest absolute Gasteiger partial charge is 0.408 e. The van der Waals surface area contributed by atoms with Gasteiger partial charge in [-0.15, -0.1) is 0 Å². The lowest BCUT2D eigenvalue weighted by Gasteiger charge is -2.32. The Balaban J connectivity index is 1.10. The van der Waals surface area contributed by atoms with E-state index in [1.165, 1.54) is 0 Å². The number of fused-ring (bicyclic) bond motifs is 3. The van der Waals surface area contributed by atoms with Crippen LogP contribution < -0.4 is 5.32 Å². The fourth-order valence-electron chi connectivity index (χ4n) is 6.67. The highest BCUT2D eigenvalue weighted by atomic mass is 16.7. The predicted molar refractivity (Wildman–Crippen MR) is 172 cm³/mol. The Morgan fingerprint density at radius 3 is 1.79 bits per heavy atom. The van der Waals surface area contributed by atoms with Gasteiger partial charge >= 0.3 is 30.0 Å². The van der Waals surface area contributed by atoms with Gasteiger partial charge < -0.3 is 29.0 Å². The summed E-state index contributed by atoms with van der Waals surface area (Å²) >= 11 is 0. The summed E-state index contributed by atoms with van der Waals surface area (Å²) in [6.07, 6.45) is -0.297. The molecule has 4 atom stereocenters. The van der Waals surface area contributed by atoms with Crippen LogP contribution in [0.25, 0.3) is 21.5 Å². The second-order valence-corrected chi connectivity index (χ2v) is 12.9. The van der Waals surface area contributed by atoms with Gasteiger partial charge in [-0.1, -0.05) is 72.8 Å². The highest BCUT2D eigenvalue weighted by Gasteiger charge is 2.73. The molecule has 1 N–H and O–H groups in total. The van der Waals surface area contributed by atoms with Crippen LogP contribution >= 0.6 is 0 Å². The molecule has 2 aliphatic rings. The molecular weight excluding hydrogens is 618 g/mol. The summed E-state index contributed by atoms with van der Waals surface area (Å²) in [5, 5.41) is 5.75. The molecule has 2 aliphatic carbocycles. The minimum atomic E-state index is -1.64. The van der Waals surface area contributed by atoms with Crippen molar-refractivity contribution in [1.29, 1.82) is 0 Å². The number of rotatable bonds is 9. The predicted octanol–water partition coefficient (Wildman–Crippen LogP) is 5.93. The molecule has 4 aromatic rings. The lowest BCUT2D eigenvalue weighted by molar-refractivity contribution is -0.162. The Morgan fingerprint density at radius 2 is 1.23 bits per heavy atom. The lowest BCUT2D eigenvalue weighted by atomic mass is 9.90. The Bertz CT molecular complexity index is 1900. The zero-order valence-electron chi connectivity index (χ0n) is 26.7. The van der Waals surface area contributed by atoms with E-state index < -0.39 is 66.5 Å². The van der Waals surface area contributed by atoms with Crippen molar-refractivity contribution < 1.29 is 47.7 Å². The van der Waals surface area contributed by atoms with Crippen molar-refractivity contribution in [1.82, 2.24) is 5.32 Å². The van der Waals surface area contributed by atoms with Crippen LogP contribution in [0.2, 0.25) is 0 Å². The number of benzene rings is 4. The molecule has 1 amide bonds. The third-order valence-electron chi connectivity index (χ3n) is 8.76. The van der Waals surface area contributed by atoms with Gasteiger partial charge in [0.05, 0.1) is 17.0 Å². The van der Waals surface area contributed by atoms with Crippen LogP contribution in [0.1, 0.15) is 54.3 Å². The van der Waals surface area contributed by atoms with Gasteiger partial charge in [0.2, 0.25) is 13.6 Å². The average Bonchev–Trinajstić information content (AvgIpc) is 3.69. The summed E-state index contributed by atoms with van der Waals surface area (Å²) in [6.45, 7) is 3.70. The first-order valence-electron chi connectivity index (χ1n) is 15.6. The molecule has 48 heavy (non-hydrogen) atoms. The molecule has 0 spiro atoms. The number of hydrogen-bond donors (Lipinski definition) is 1. The van der Waals surface area contributed by atoms with Crippen LogP contribution in [-0.4, -0.2) is 54.7 Å². The third-order valence-corrected chi connectivity index (χ3v) is 8.76. The molecule has 248 valence electrons. The number of hydrogen-bond acceptors (Lipinski definition) is 10. The van der Waals surface area contributed by atoms with Crippen LogP contribution in [0.15, 0.2) is 84.9 Å². The number of ether oxygens (including phenoxy) is 5. The van der Waals surface area contributed by atoms with Crippen LogP contribution in [0.5, 0.6) is 0 Å². The summed E-state index contributed by atoms with van der Waals surface area (Å²) in [5.41, 5.74) is -1.87. The van der Waals surface area contributed by atoms with E-state index in [1.54, 1.807) is 63.2 Å². The molecular formula is C37H35NO10. The van der Waals surface area contributed by atoms with E-state index in [1.807, 2.05) is 42.5 Å². The van der Waals surface area contributed by atoms with Gasteiger partial charge in [0, 0.05) is 5.92 Å². The second kappa shape index (κ2) is 13.0. The number of carbonyl (C=O) groups excluding carboxylic acids is 5. The molecule has 0 radical (unpaired) electrons. The molecule has 0 heterocycles. The number of alkyl carbamates (subject to hydrolysis) is 1. The molecule has 4 aromatic carbocycles. The molecule has 2 saturated carbocycles. The molecule has 0 saturated heterocycles. The molecule has 0 aromatic heterocycles. The van der Waals surface area contributed by atoms with Crippen LogP contribution in [0.4, 0.5) is 4.79 Å². The van der Waals surface area contributed by atoms with Crippen LogP contribution in [0, 0.1) is 17.8 Å². The highest BCUT2D eigenvalue weighted by Crippen LogP contribution is 2.63. The quantitative estimate of drug-likeness (QED) is 0.131. The summed E-state index contributed by atoms with van der Waals surface area (Å²) in [5.74, 6) is -4.64. The van der Waals surface area contributed by atoms with Crippen molar-refractivity contribution in [2.24, 2.45) is 17.8 Å². The second-order valence-electron chi connectivity index (χ2n) is 12.9. The minimum absolute atomic E-state index is 0.164. The SMILES string of the molecule is CC(C)(C)OC(=O)N[C@@]1(C(=O)OCOC(=O)c2cccc3ccccc23)CC[C@H]2[C@H](C(=O)OCOC(=O)c3cccc4ccccc34)[C@H]21. The maximum absolute atomic E-state index is 13.7. The molecule has 2 fully saturated rings. The van der Waals surface area contributed by atoms with E-state index in [0.29, 0.717) is 28.3 Å². The maximum Gasteiger partial charge on any atom is 0.408 e. The number of esters is 4. The van der Waals surface area contributed by atoms with Crippen molar-refractivity contribution in [3.8, 4) is 0 Å². The minimum Gasteiger partial charge on any atom is -0.444 e. The molecule has 0 aliphatic heterocycles. The molecule has 11 heteroatoms. The van der Waals surface area contributed by atoms with Gasteiger partial charge in [0.15, 0.2) is 0 Å². The van der Waals surface area contributed by atoms with Gasteiger partial charge in [-0.2, -0.15) is 0 Å². The number of nitrogens with one attached hydrogen (secondary N) is 1. The maximum atomic E-state index is 13.7. The first-order chi connectivity index (χ1) is 23.0. The van der Waals surface area contributed by atoms with Crippen molar-refractivity contribution in [3.05, 3.63) is 96.1 Å². The van der Waals surface area contributed by atoms with Crippen molar-refractivity contribution in [2.45, 2.75) is 44.8 Å². The lowest BCUT2D eigenvalue weighted by Crippen LogP contribution is -2.57. The Morgan fingerprint density at radius 1 is 0.708 bits per heavy atom. The van der Waals surface area contributed by atoms with Gasteiger partial charge in [0.25, 0.3) is 0 Å². The molecule has 11 nitrogen and oxygen atoms in total. The highest BCUT2D eigenvalue weighted by molar-refractivity contribution is 6.05. The fraction of sp³-hybridized carbons (Fsp3) is 0.324. The number of amides is 1. The first kappa shape index (κ1) is 32.5. The van der Waals surface area contributed by atoms with Gasteiger partial charge in [-0.05, 0) is 73.2 Å². The van der Waals surface area contributed by atoms with Crippen LogP contribution in [-0.2, 0) is 33.3 Å². The summed E-state index contributed by atoms with van der Waals surface area (Å²) in [7, 11) is 0. The largest absolute Gasteiger partial charge is 0.444 e. The Kier molecular flexibility index (Phi) is 8.79. The summed E-state index contributed by atoms with van der Waals surface area (Å²) in [6, 6.07) is 25.1. The molecule has 0 unspecified atom stereocenters. The zero-order valence-corrected chi connectivity index (χ0v) is 26.7. The fourth-order valence-corrected chi connectivity index (χ4v) is 6.67. The van der Waals surface area contributed by atoms with E-state index in [4.69, 9.17) is 23.7 Å². The topological polar surface area (TPSA) is 144 Å². The standard InChI is InChI=1S/C37H35NO10/c1-36(2,3)48-35(43)38-37(34(42)47-21-45-32(40)27-17-9-13-23-11-5-7-15-25(23)27)19-18-28-29(30(28)37)33(41)46-20-44-31(39)26-16-8-12-22-10-4-6-14-24(22)26/h4-17,28-30H,18-21H2,1-3H3,(H,38,43)/t28-,29-,30-,37-/m0/s1.